The van der Waals surface area contributed by atoms with Crippen molar-refractivity contribution < 1.29 is 24.9 Å². The van der Waals surface area contributed by atoms with Crippen molar-refractivity contribution in [3.05, 3.63) is 65.2 Å². The summed E-state index contributed by atoms with van der Waals surface area (Å²) < 4.78 is 5.36. The van der Waals surface area contributed by atoms with E-state index in [1.165, 1.54) is 11.8 Å². The van der Waals surface area contributed by atoms with E-state index in [0.717, 1.165) is 4.90 Å². The van der Waals surface area contributed by atoms with Crippen LogP contribution in [0, 0.1) is 11.3 Å². The van der Waals surface area contributed by atoms with Gasteiger partial charge in [0.15, 0.2) is 5.78 Å². The van der Waals surface area contributed by atoms with Gasteiger partial charge in [-0.2, -0.15) is 5.26 Å². The van der Waals surface area contributed by atoms with Gasteiger partial charge in [-0.05, 0) is 48.5 Å². The first-order chi connectivity index (χ1) is 12.5. The summed E-state index contributed by atoms with van der Waals surface area (Å²) in [6.45, 7) is -0.0504. The first kappa shape index (κ1) is 18.6. The average Bonchev–Trinajstić information content (AvgIpc) is 2.68. The summed E-state index contributed by atoms with van der Waals surface area (Å²) in [6.07, 6.45) is -3.56. The zero-order chi connectivity index (χ0) is 18.7. The van der Waals surface area contributed by atoms with Gasteiger partial charge in [0.05, 0.1) is 18.2 Å². The molecule has 0 aromatic heterocycles. The molecule has 3 N–H and O–H groups in total. The summed E-state index contributed by atoms with van der Waals surface area (Å²) in [5.74, 6) is -0.154. The Kier molecular flexibility index (Phi) is 5.71. The molecule has 7 heteroatoms. The van der Waals surface area contributed by atoms with Crippen LogP contribution < -0.4 is 0 Å². The number of aliphatic hydroxyl groups is 3. The van der Waals surface area contributed by atoms with Crippen LogP contribution in [0.2, 0.25) is 0 Å². The summed E-state index contributed by atoms with van der Waals surface area (Å²) in [7, 11) is 0. The fourth-order valence-corrected chi connectivity index (χ4v) is 3.57. The van der Waals surface area contributed by atoms with E-state index in [0.29, 0.717) is 16.7 Å². The number of ketones is 1. The van der Waals surface area contributed by atoms with E-state index >= 15 is 0 Å². The molecule has 134 valence electrons. The van der Waals surface area contributed by atoms with Crippen LogP contribution in [0.4, 0.5) is 0 Å². The molecular formula is C19H17NO5S. The van der Waals surface area contributed by atoms with Crippen LogP contribution in [0.3, 0.4) is 0 Å². The highest BCUT2D eigenvalue weighted by atomic mass is 32.2. The molecule has 26 heavy (non-hydrogen) atoms. The monoisotopic (exact) mass is 371 g/mol. The van der Waals surface area contributed by atoms with Gasteiger partial charge in [-0.15, -0.1) is 0 Å². The molecule has 1 aliphatic rings. The first-order valence-electron chi connectivity index (χ1n) is 7.97. The standard InChI is InChI=1S/C19H17NO5S/c20-9-11-1-3-12(4-2-11)16(22)13-5-7-14(8-6-13)26-19-18(24)17(23)15(21)10-25-19/h1-8,15,17-19,21,23-24H,10H2/t15-,17+,18-,19-/m1/s1. The molecule has 4 atom stereocenters. The Morgan fingerprint density at radius 1 is 1.00 bits per heavy atom. The normalized spacial score (nSPS) is 25.5. The number of carbonyl (C=O) groups excluding carboxylic acids is 1. The molecule has 0 unspecified atom stereocenters. The highest BCUT2D eigenvalue weighted by Crippen LogP contribution is 2.31. The van der Waals surface area contributed by atoms with Gasteiger partial charge in [-0.1, -0.05) is 11.8 Å². The largest absolute Gasteiger partial charge is 0.388 e. The van der Waals surface area contributed by atoms with Crippen LogP contribution in [0.25, 0.3) is 0 Å². The third-order valence-electron chi connectivity index (χ3n) is 4.10. The molecule has 0 saturated carbocycles. The first-order valence-corrected chi connectivity index (χ1v) is 8.85. The van der Waals surface area contributed by atoms with Crippen LogP contribution in [-0.4, -0.2) is 51.5 Å². The van der Waals surface area contributed by atoms with Crippen molar-refractivity contribution >= 4 is 17.5 Å². The van der Waals surface area contributed by atoms with Gasteiger partial charge < -0.3 is 20.1 Å². The molecule has 0 spiro atoms. The van der Waals surface area contributed by atoms with Gasteiger partial charge in [0.25, 0.3) is 0 Å². The zero-order valence-corrected chi connectivity index (χ0v) is 14.5. The minimum absolute atomic E-state index is 0.0504. The Balaban J connectivity index is 1.68. The van der Waals surface area contributed by atoms with Gasteiger partial charge in [-0.25, -0.2) is 0 Å². The van der Waals surface area contributed by atoms with Gasteiger partial charge in [0.2, 0.25) is 0 Å². The zero-order valence-electron chi connectivity index (χ0n) is 13.6. The lowest BCUT2D eigenvalue weighted by molar-refractivity contribution is -0.161. The lowest BCUT2D eigenvalue weighted by atomic mass is 10.0. The number of thioether (sulfide) groups is 1. The van der Waals surface area contributed by atoms with Crippen molar-refractivity contribution in [2.75, 3.05) is 6.61 Å². The summed E-state index contributed by atoms with van der Waals surface area (Å²) in [5.41, 5.74) is 0.785. The fraction of sp³-hybridized carbons (Fsp3) is 0.263. The minimum Gasteiger partial charge on any atom is -0.388 e. The van der Waals surface area contributed by atoms with E-state index in [4.69, 9.17) is 10.00 Å². The molecule has 1 heterocycles. The van der Waals surface area contributed by atoms with Crippen LogP contribution >= 0.6 is 11.8 Å². The van der Waals surface area contributed by atoms with E-state index in [-0.39, 0.29) is 12.4 Å². The van der Waals surface area contributed by atoms with Gasteiger partial charge in [-0.3, -0.25) is 4.79 Å². The molecule has 3 rings (SSSR count). The second-order valence-electron chi connectivity index (χ2n) is 5.91. The number of aliphatic hydroxyl groups excluding tert-OH is 3. The smallest absolute Gasteiger partial charge is 0.193 e. The van der Waals surface area contributed by atoms with Crippen molar-refractivity contribution in [2.24, 2.45) is 0 Å². The Hall–Kier alpha value is -2.21. The van der Waals surface area contributed by atoms with E-state index in [1.54, 1.807) is 48.5 Å². The number of hydrogen-bond donors (Lipinski definition) is 3. The maximum Gasteiger partial charge on any atom is 0.193 e. The van der Waals surface area contributed by atoms with Crippen molar-refractivity contribution in [1.29, 1.82) is 5.26 Å². The van der Waals surface area contributed by atoms with Crippen LogP contribution in [0.1, 0.15) is 21.5 Å². The van der Waals surface area contributed by atoms with Crippen molar-refractivity contribution in [3.8, 4) is 6.07 Å². The second-order valence-corrected chi connectivity index (χ2v) is 7.08. The van der Waals surface area contributed by atoms with Crippen molar-refractivity contribution in [3.63, 3.8) is 0 Å². The Labute approximate surface area is 154 Å². The quantitative estimate of drug-likeness (QED) is 0.695. The van der Waals surface area contributed by atoms with Crippen LogP contribution in [0.15, 0.2) is 53.4 Å². The van der Waals surface area contributed by atoms with Crippen LogP contribution in [-0.2, 0) is 4.74 Å². The highest BCUT2D eigenvalue weighted by Gasteiger charge is 2.37. The summed E-state index contributed by atoms with van der Waals surface area (Å²) in [6, 6.07) is 15.2. The third kappa shape index (κ3) is 3.96. The number of ether oxygens (including phenoxy) is 1. The van der Waals surface area contributed by atoms with Crippen LogP contribution in [0.5, 0.6) is 0 Å². The van der Waals surface area contributed by atoms with E-state index < -0.39 is 23.7 Å². The predicted molar refractivity (Wildman–Crippen MR) is 94.6 cm³/mol. The lowest BCUT2D eigenvalue weighted by Crippen LogP contribution is -2.51. The molecule has 1 saturated heterocycles. The summed E-state index contributed by atoms with van der Waals surface area (Å²) in [5, 5.41) is 38.0. The van der Waals surface area contributed by atoms with E-state index in [2.05, 4.69) is 0 Å². The molecule has 0 bridgehead atoms. The molecule has 2 aromatic carbocycles. The molecule has 0 radical (unpaired) electrons. The topological polar surface area (TPSA) is 111 Å². The minimum atomic E-state index is -1.25. The Morgan fingerprint density at radius 2 is 1.58 bits per heavy atom. The number of carbonyl (C=O) groups is 1. The van der Waals surface area contributed by atoms with Gasteiger partial charge in [0, 0.05) is 16.0 Å². The number of nitrogens with zero attached hydrogens (tertiary/aromatic N) is 1. The number of nitriles is 1. The number of hydrogen-bond acceptors (Lipinski definition) is 7. The molecule has 0 amide bonds. The molecular weight excluding hydrogens is 354 g/mol. The SMILES string of the molecule is N#Cc1ccc(C(=O)c2ccc(S[C@H]3OC[C@@H](O)[C@H](O)[C@H]3O)cc2)cc1. The maximum absolute atomic E-state index is 12.5. The van der Waals surface area contributed by atoms with Crippen molar-refractivity contribution in [1.82, 2.24) is 0 Å². The van der Waals surface area contributed by atoms with Crippen molar-refractivity contribution in [2.45, 2.75) is 28.6 Å². The Morgan fingerprint density at radius 3 is 2.15 bits per heavy atom. The average molecular weight is 371 g/mol. The summed E-state index contributed by atoms with van der Waals surface area (Å²) in [4.78, 5) is 13.2. The second kappa shape index (κ2) is 7.99. The molecule has 1 fully saturated rings. The third-order valence-corrected chi connectivity index (χ3v) is 5.29. The molecule has 2 aromatic rings. The molecule has 6 nitrogen and oxygen atoms in total. The predicted octanol–water partition coefficient (Wildman–Crippen LogP) is 1.32. The molecule has 0 aliphatic carbocycles. The number of benzene rings is 2. The summed E-state index contributed by atoms with van der Waals surface area (Å²) >= 11 is 1.21. The lowest BCUT2D eigenvalue weighted by Gasteiger charge is -2.34. The molecule has 1 aliphatic heterocycles. The maximum atomic E-state index is 12.5. The van der Waals surface area contributed by atoms with E-state index in [9.17, 15) is 20.1 Å². The fourth-order valence-electron chi connectivity index (χ4n) is 2.56. The number of rotatable bonds is 4. The van der Waals surface area contributed by atoms with Gasteiger partial charge in [0.1, 0.15) is 23.7 Å². The highest BCUT2D eigenvalue weighted by molar-refractivity contribution is 7.99. The van der Waals surface area contributed by atoms with E-state index in [1.807, 2.05) is 6.07 Å². The Bertz CT molecular complexity index is 815. The van der Waals surface area contributed by atoms with Gasteiger partial charge >= 0.3 is 0 Å².